The number of rotatable bonds is 1. The summed E-state index contributed by atoms with van der Waals surface area (Å²) in [6.45, 7) is 0. The van der Waals surface area contributed by atoms with E-state index < -0.39 is 0 Å². The normalized spacial score (nSPS) is 10.6. The van der Waals surface area contributed by atoms with Crippen molar-refractivity contribution in [3.8, 4) is 0 Å². The Morgan fingerprint density at radius 2 is 1.80 bits per heavy atom. The molecule has 0 saturated carbocycles. The molecule has 0 aromatic heterocycles. The van der Waals surface area contributed by atoms with E-state index in [1.54, 1.807) is 0 Å². The molecule has 0 aliphatic heterocycles. The van der Waals surface area contributed by atoms with Crippen LogP contribution in [0.4, 0.5) is 0 Å². The van der Waals surface area contributed by atoms with Crippen molar-refractivity contribution in [2.24, 2.45) is 0 Å². The van der Waals surface area contributed by atoms with E-state index in [9.17, 15) is 0 Å². The Kier molecular flexibility index (Phi) is 2.97. The molecule has 0 atom stereocenters. The van der Waals surface area contributed by atoms with E-state index in [1.807, 2.05) is 35.3 Å². The first-order valence-electron chi connectivity index (χ1n) is 2.85. The molecule has 0 heterocycles. The first-order chi connectivity index (χ1) is 4.83. The van der Waals surface area contributed by atoms with E-state index in [2.05, 4.69) is 15.9 Å². The summed E-state index contributed by atoms with van der Waals surface area (Å²) in [4.78, 5) is 1.82. The Balaban J connectivity index is 2.89. The summed E-state index contributed by atoms with van der Waals surface area (Å²) in [7, 11) is 0. The highest BCUT2D eigenvalue weighted by Gasteiger charge is 1.85. The topological polar surface area (TPSA) is 0 Å². The number of halogens is 2. The molecule has 1 aromatic rings. The SMILES string of the molecule is Clc1ccc(/C=C/[76Br])cc1. The summed E-state index contributed by atoms with van der Waals surface area (Å²) in [6.07, 6.45) is 1.95. The van der Waals surface area contributed by atoms with Crippen LogP contribution in [0.25, 0.3) is 6.08 Å². The molecule has 0 bridgehead atoms. The highest BCUT2D eigenvalue weighted by molar-refractivity contribution is 9.11. The van der Waals surface area contributed by atoms with Gasteiger partial charge < -0.3 is 0 Å². The van der Waals surface area contributed by atoms with Gasteiger partial charge in [0.1, 0.15) is 0 Å². The maximum atomic E-state index is 5.68. The molecule has 0 spiro atoms. The standard InChI is InChI=1S/C8H6BrCl/c9-6-5-7-1-3-8(10)4-2-7/h1-6H/b6-5+/i9-4. The van der Waals surface area contributed by atoms with E-state index in [0.717, 1.165) is 10.6 Å². The van der Waals surface area contributed by atoms with E-state index in [0.29, 0.717) is 0 Å². The lowest BCUT2D eigenvalue weighted by Gasteiger charge is -1.90. The molecule has 0 nitrogen and oxygen atoms in total. The predicted molar refractivity (Wildman–Crippen MR) is 49.4 cm³/mol. The number of hydrogen-bond acceptors (Lipinski definition) is 0. The van der Waals surface area contributed by atoms with Crippen LogP contribution in [-0.2, 0) is 0 Å². The molecule has 0 aliphatic rings. The molecule has 10 heavy (non-hydrogen) atoms. The van der Waals surface area contributed by atoms with Crippen LogP contribution in [0.5, 0.6) is 0 Å². The molecular weight excluding hydrogens is 207 g/mol. The Labute approximate surface area is 73.6 Å². The zero-order chi connectivity index (χ0) is 7.40. The average molecular weight is 214 g/mol. The molecule has 0 unspecified atom stereocenters. The van der Waals surface area contributed by atoms with Crippen LogP contribution in [0, 0.1) is 0 Å². The summed E-state index contributed by atoms with van der Waals surface area (Å²) in [5.41, 5.74) is 1.14. The number of benzene rings is 1. The smallest absolute Gasteiger partial charge is 0.0406 e. The van der Waals surface area contributed by atoms with Crippen molar-refractivity contribution in [1.82, 2.24) is 0 Å². The minimum absolute atomic E-state index is 0.770. The molecule has 1 rings (SSSR count). The summed E-state index contributed by atoms with van der Waals surface area (Å²) in [5, 5.41) is 0.770. The van der Waals surface area contributed by atoms with Crippen LogP contribution in [0.1, 0.15) is 5.56 Å². The summed E-state index contributed by atoms with van der Waals surface area (Å²) >= 11 is 8.87. The minimum atomic E-state index is 0.770. The molecule has 0 N–H and O–H groups in total. The third kappa shape index (κ3) is 2.16. The third-order valence-corrected chi connectivity index (χ3v) is 1.64. The average Bonchev–Trinajstić information content (AvgIpc) is 1.95. The van der Waals surface area contributed by atoms with Gasteiger partial charge in [-0.05, 0) is 28.8 Å². The predicted octanol–water partition coefficient (Wildman–Crippen LogP) is 3.71. The van der Waals surface area contributed by atoms with Crippen LogP contribution in [0.3, 0.4) is 0 Å². The van der Waals surface area contributed by atoms with Crippen LogP contribution in [0.2, 0.25) is 5.02 Å². The van der Waals surface area contributed by atoms with Gasteiger partial charge in [-0.25, -0.2) is 0 Å². The Bertz CT molecular complexity index is 226. The van der Waals surface area contributed by atoms with E-state index in [4.69, 9.17) is 11.6 Å². The fraction of sp³-hybridized carbons (Fsp3) is 0. The zero-order valence-corrected chi connectivity index (χ0v) is 7.56. The second-order valence-corrected chi connectivity index (χ2v) is 2.81. The monoisotopic (exact) mass is 213 g/mol. The fourth-order valence-corrected chi connectivity index (χ4v) is 1.08. The van der Waals surface area contributed by atoms with Gasteiger partial charge in [-0.2, -0.15) is 0 Å². The van der Waals surface area contributed by atoms with Crippen LogP contribution in [-0.4, -0.2) is 0 Å². The third-order valence-electron chi connectivity index (χ3n) is 1.13. The Morgan fingerprint density at radius 1 is 1.20 bits per heavy atom. The maximum Gasteiger partial charge on any atom is 0.0406 e. The Hall–Kier alpha value is -0.270. The van der Waals surface area contributed by atoms with Crippen molar-refractivity contribution in [2.75, 3.05) is 0 Å². The van der Waals surface area contributed by atoms with Crippen LogP contribution in [0.15, 0.2) is 29.3 Å². The van der Waals surface area contributed by atoms with Crippen molar-refractivity contribution in [3.63, 3.8) is 0 Å². The van der Waals surface area contributed by atoms with Gasteiger partial charge in [-0.15, -0.1) is 0 Å². The lowest BCUT2D eigenvalue weighted by molar-refractivity contribution is 1.66. The van der Waals surface area contributed by atoms with Gasteiger partial charge >= 0.3 is 0 Å². The minimum Gasteiger partial charge on any atom is -0.0843 e. The highest BCUT2D eigenvalue weighted by Crippen LogP contribution is 2.10. The number of hydrogen-bond donors (Lipinski definition) is 0. The van der Waals surface area contributed by atoms with Gasteiger partial charge in [0.15, 0.2) is 0 Å². The molecule has 1 aromatic carbocycles. The quantitative estimate of drug-likeness (QED) is 0.667. The first-order valence-corrected chi connectivity index (χ1v) is 4.14. The molecule has 0 radical (unpaired) electrons. The lowest BCUT2D eigenvalue weighted by atomic mass is 10.2. The molecule has 0 aliphatic carbocycles. The largest absolute Gasteiger partial charge is 0.0843 e. The molecule has 52 valence electrons. The van der Waals surface area contributed by atoms with Gasteiger partial charge in [0, 0.05) is 5.02 Å². The summed E-state index contributed by atoms with van der Waals surface area (Å²) < 4.78 is 0. The zero-order valence-electron chi connectivity index (χ0n) is 5.22. The maximum absolute atomic E-state index is 5.68. The fourth-order valence-electron chi connectivity index (χ4n) is 0.647. The van der Waals surface area contributed by atoms with Gasteiger partial charge in [0.05, 0.1) is 0 Å². The molecule has 0 saturated heterocycles. The van der Waals surface area contributed by atoms with Gasteiger partial charge in [-0.1, -0.05) is 39.7 Å². The molecular formula is C8H6BrCl. The van der Waals surface area contributed by atoms with Crippen molar-refractivity contribution < 1.29 is 0 Å². The van der Waals surface area contributed by atoms with E-state index in [-0.39, 0.29) is 0 Å². The highest BCUT2D eigenvalue weighted by atomic mass is 75.9. The van der Waals surface area contributed by atoms with Crippen molar-refractivity contribution in [1.29, 1.82) is 0 Å². The van der Waals surface area contributed by atoms with Crippen molar-refractivity contribution in [2.45, 2.75) is 0 Å². The molecule has 0 fully saturated rings. The van der Waals surface area contributed by atoms with Crippen LogP contribution >= 0.6 is 27.5 Å². The van der Waals surface area contributed by atoms with E-state index in [1.165, 1.54) is 0 Å². The molecule has 2 heteroatoms. The lowest BCUT2D eigenvalue weighted by Crippen LogP contribution is -1.67. The summed E-state index contributed by atoms with van der Waals surface area (Å²) in [6, 6.07) is 7.65. The van der Waals surface area contributed by atoms with Crippen molar-refractivity contribution >= 4 is 33.6 Å². The summed E-state index contributed by atoms with van der Waals surface area (Å²) in [5.74, 6) is 0. The van der Waals surface area contributed by atoms with Crippen molar-refractivity contribution in [3.05, 3.63) is 39.8 Å². The first kappa shape index (κ1) is 7.83. The Morgan fingerprint density at radius 3 is 2.30 bits per heavy atom. The second kappa shape index (κ2) is 3.79. The van der Waals surface area contributed by atoms with Gasteiger partial charge in [0.2, 0.25) is 0 Å². The van der Waals surface area contributed by atoms with E-state index >= 15 is 0 Å². The van der Waals surface area contributed by atoms with Crippen LogP contribution < -0.4 is 0 Å². The second-order valence-electron chi connectivity index (χ2n) is 1.84. The van der Waals surface area contributed by atoms with Gasteiger partial charge in [-0.3, -0.25) is 0 Å². The van der Waals surface area contributed by atoms with Gasteiger partial charge in [0.25, 0.3) is 0 Å². The molecule has 0 amide bonds.